The molecule has 0 aliphatic heterocycles. The van der Waals surface area contributed by atoms with Crippen LogP contribution in [0.5, 0.6) is 5.88 Å². The summed E-state index contributed by atoms with van der Waals surface area (Å²) in [6.45, 7) is 11.8. The van der Waals surface area contributed by atoms with Crippen LogP contribution in [0, 0.1) is 11.2 Å². The van der Waals surface area contributed by atoms with Crippen molar-refractivity contribution in [1.82, 2.24) is 9.88 Å². The molecule has 1 aromatic heterocycles. The number of benzene rings is 1. The topological polar surface area (TPSA) is 115 Å². The van der Waals surface area contributed by atoms with Gasteiger partial charge in [0.25, 0.3) is 0 Å². The Kier molecular flexibility index (Phi) is 9.62. The van der Waals surface area contributed by atoms with Gasteiger partial charge in [0, 0.05) is 24.9 Å². The number of fused-ring (bicyclic) bond motifs is 1. The summed E-state index contributed by atoms with van der Waals surface area (Å²) in [6, 6.07) is 3.71. The SMILES string of the molecule is C=C/C=C\C(=C/C(C)(C)C)NC(=S)N=Nc1c(O)n(CC(=O)OC(C)OC(C)=O)c2ccc(F)cc12. The van der Waals surface area contributed by atoms with Gasteiger partial charge in [0.1, 0.15) is 12.4 Å². The highest BCUT2D eigenvalue weighted by molar-refractivity contribution is 7.80. The third-order valence-corrected chi connectivity index (χ3v) is 4.56. The predicted octanol–water partition coefficient (Wildman–Crippen LogP) is 5.57. The fourth-order valence-corrected chi connectivity index (χ4v) is 3.33. The second-order valence-corrected chi connectivity index (χ2v) is 9.16. The average Bonchev–Trinajstić information content (AvgIpc) is 2.98. The van der Waals surface area contributed by atoms with E-state index in [1.807, 2.05) is 26.8 Å². The first kappa shape index (κ1) is 28.4. The highest BCUT2D eigenvalue weighted by atomic mass is 32.1. The zero-order valence-electron chi connectivity index (χ0n) is 20.7. The van der Waals surface area contributed by atoms with Crippen LogP contribution in [0.2, 0.25) is 0 Å². The Hall–Kier alpha value is -3.86. The van der Waals surface area contributed by atoms with Crippen LogP contribution in [-0.4, -0.2) is 33.0 Å². The number of hydrogen-bond donors (Lipinski definition) is 2. The van der Waals surface area contributed by atoms with E-state index in [0.29, 0.717) is 11.2 Å². The number of carbonyl (C=O) groups is 2. The number of ether oxygens (including phenoxy) is 2. The molecule has 36 heavy (non-hydrogen) atoms. The second-order valence-electron chi connectivity index (χ2n) is 8.78. The fraction of sp³-hybridized carbons (Fsp3) is 0.320. The molecule has 1 atom stereocenters. The Labute approximate surface area is 214 Å². The molecule has 0 bridgehead atoms. The number of carbonyl (C=O) groups excluding carboxylic acids is 2. The standard InChI is InChI=1S/C25H29FN4O5S/c1-7-8-9-18(13-25(4,5)6)27-24(36)29-28-22-19-12-17(26)10-11-20(19)30(23(22)33)14-21(32)35-16(3)34-15(2)31/h7-13,16,33H,1,14H2,2-6H3,(H,27,36)/b9-8-,18-13+,29-28?. The lowest BCUT2D eigenvalue weighted by Gasteiger charge is -2.15. The van der Waals surface area contributed by atoms with Crippen LogP contribution in [-0.2, 0) is 25.6 Å². The number of nitrogens with zero attached hydrogens (tertiary/aromatic N) is 3. The smallest absolute Gasteiger partial charge is 0.329 e. The monoisotopic (exact) mass is 516 g/mol. The first-order valence-electron chi connectivity index (χ1n) is 10.9. The van der Waals surface area contributed by atoms with Gasteiger partial charge in [0.15, 0.2) is 5.69 Å². The summed E-state index contributed by atoms with van der Waals surface area (Å²) in [5, 5.41) is 21.9. The minimum Gasteiger partial charge on any atom is -0.493 e. The molecule has 0 amide bonds. The molecular weight excluding hydrogens is 487 g/mol. The number of allylic oxidation sites excluding steroid dienone is 4. The lowest BCUT2D eigenvalue weighted by atomic mass is 9.95. The molecule has 192 valence electrons. The van der Waals surface area contributed by atoms with Crippen LogP contribution in [0.3, 0.4) is 0 Å². The van der Waals surface area contributed by atoms with E-state index in [4.69, 9.17) is 21.7 Å². The normalized spacial score (nSPS) is 13.2. The Morgan fingerprint density at radius 3 is 2.64 bits per heavy atom. The average molecular weight is 517 g/mol. The van der Waals surface area contributed by atoms with Crippen molar-refractivity contribution in [2.24, 2.45) is 15.6 Å². The quantitative estimate of drug-likeness (QED) is 0.155. The van der Waals surface area contributed by atoms with Gasteiger partial charge in [-0.2, -0.15) is 0 Å². The molecule has 0 saturated carbocycles. The van der Waals surface area contributed by atoms with Crippen LogP contribution in [0.4, 0.5) is 10.1 Å². The number of aromatic hydroxyl groups is 1. The van der Waals surface area contributed by atoms with Gasteiger partial charge in [-0.25, -0.2) is 4.39 Å². The van der Waals surface area contributed by atoms with Crippen LogP contribution in [0.1, 0.15) is 34.6 Å². The minimum atomic E-state index is -1.12. The summed E-state index contributed by atoms with van der Waals surface area (Å²) < 4.78 is 25.0. The van der Waals surface area contributed by atoms with Crippen molar-refractivity contribution in [3.8, 4) is 5.88 Å². The summed E-state index contributed by atoms with van der Waals surface area (Å²) >= 11 is 5.27. The van der Waals surface area contributed by atoms with Crippen LogP contribution < -0.4 is 5.32 Å². The van der Waals surface area contributed by atoms with Gasteiger partial charge < -0.3 is 19.9 Å². The molecule has 2 N–H and O–H groups in total. The van der Waals surface area contributed by atoms with E-state index >= 15 is 0 Å². The Bertz CT molecular complexity index is 1260. The van der Waals surface area contributed by atoms with Gasteiger partial charge >= 0.3 is 11.9 Å². The molecule has 2 aromatic rings. The lowest BCUT2D eigenvalue weighted by molar-refractivity contribution is -0.183. The molecule has 1 heterocycles. The Balaban J connectivity index is 2.35. The molecule has 0 aliphatic carbocycles. The summed E-state index contributed by atoms with van der Waals surface area (Å²) in [7, 11) is 0. The van der Waals surface area contributed by atoms with E-state index in [9.17, 15) is 19.1 Å². The number of aromatic nitrogens is 1. The molecule has 0 saturated heterocycles. The summed E-state index contributed by atoms with van der Waals surface area (Å²) in [6.07, 6.45) is 5.93. The van der Waals surface area contributed by atoms with Gasteiger partial charge in [-0.05, 0) is 41.9 Å². The van der Waals surface area contributed by atoms with Crippen molar-refractivity contribution in [1.29, 1.82) is 0 Å². The number of rotatable bonds is 8. The van der Waals surface area contributed by atoms with E-state index < -0.39 is 36.5 Å². The summed E-state index contributed by atoms with van der Waals surface area (Å²) in [5.41, 5.74) is 0.720. The van der Waals surface area contributed by atoms with Crippen molar-refractivity contribution in [2.75, 3.05) is 0 Å². The van der Waals surface area contributed by atoms with Crippen molar-refractivity contribution in [2.45, 2.75) is 47.5 Å². The maximum Gasteiger partial charge on any atom is 0.329 e. The van der Waals surface area contributed by atoms with E-state index in [1.165, 1.54) is 30.5 Å². The maximum absolute atomic E-state index is 14.0. The van der Waals surface area contributed by atoms with Crippen molar-refractivity contribution in [3.05, 3.63) is 60.6 Å². The molecule has 1 aromatic carbocycles. The van der Waals surface area contributed by atoms with Gasteiger partial charge in [-0.15, -0.1) is 10.2 Å². The van der Waals surface area contributed by atoms with E-state index in [0.717, 1.165) is 6.07 Å². The molecule has 0 spiro atoms. The number of nitrogens with one attached hydrogen (secondary N) is 1. The van der Waals surface area contributed by atoms with Gasteiger partial charge in [0.2, 0.25) is 17.3 Å². The van der Waals surface area contributed by atoms with Crippen molar-refractivity contribution >= 4 is 45.9 Å². The molecule has 11 heteroatoms. The molecule has 0 fully saturated rings. The largest absolute Gasteiger partial charge is 0.493 e. The Morgan fingerprint density at radius 2 is 2.03 bits per heavy atom. The zero-order chi connectivity index (χ0) is 27.0. The summed E-state index contributed by atoms with van der Waals surface area (Å²) in [4.78, 5) is 23.4. The first-order chi connectivity index (χ1) is 16.8. The number of thiocarbonyl (C=S) groups is 1. The Morgan fingerprint density at radius 1 is 1.33 bits per heavy atom. The van der Waals surface area contributed by atoms with Crippen LogP contribution >= 0.6 is 12.2 Å². The van der Waals surface area contributed by atoms with Crippen molar-refractivity contribution in [3.63, 3.8) is 0 Å². The number of esters is 2. The van der Waals surface area contributed by atoms with Crippen LogP contribution in [0.15, 0.2) is 65.0 Å². The second kappa shape index (κ2) is 12.2. The van der Waals surface area contributed by atoms with E-state index in [2.05, 4.69) is 22.1 Å². The molecular formula is C25H29FN4O5S. The summed E-state index contributed by atoms with van der Waals surface area (Å²) in [5.74, 6) is -2.44. The van der Waals surface area contributed by atoms with Crippen molar-refractivity contribution < 1.29 is 28.6 Å². The number of halogens is 1. The van der Waals surface area contributed by atoms with E-state index in [1.54, 1.807) is 18.2 Å². The van der Waals surface area contributed by atoms with Crippen LogP contribution in [0.25, 0.3) is 10.9 Å². The molecule has 0 aliphatic rings. The molecule has 0 radical (unpaired) electrons. The van der Waals surface area contributed by atoms with Gasteiger partial charge in [-0.3, -0.25) is 14.2 Å². The molecule has 2 rings (SSSR count). The molecule has 9 nitrogen and oxygen atoms in total. The van der Waals surface area contributed by atoms with E-state index in [-0.39, 0.29) is 21.6 Å². The first-order valence-corrected chi connectivity index (χ1v) is 11.3. The lowest BCUT2D eigenvalue weighted by Crippen LogP contribution is -2.23. The highest BCUT2D eigenvalue weighted by Gasteiger charge is 2.21. The minimum absolute atomic E-state index is 0.00877. The third-order valence-electron chi connectivity index (χ3n) is 4.38. The zero-order valence-corrected chi connectivity index (χ0v) is 21.6. The highest BCUT2D eigenvalue weighted by Crippen LogP contribution is 2.39. The predicted molar refractivity (Wildman–Crippen MR) is 138 cm³/mol. The van der Waals surface area contributed by atoms with Gasteiger partial charge in [-0.1, -0.05) is 45.6 Å². The van der Waals surface area contributed by atoms with Gasteiger partial charge in [0.05, 0.1) is 5.52 Å². The third kappa shape index (κ3) is 8.42. The maximum atomic E-state index is 14.0. The molecule has 1 unspecified atom stereocenters. The number of azo groups is 1. The fourth-order valence-electron chi connectivity index (χ4n) is 3.17. The number of hydrogen-bond acceptors (Lipinski definition) is 7.